The van der Waals surface area contributed by atoms with E-state index in [4.69, 9.17) is 4.74 Å². The van der Waals surface area contributed by atoms with E-state index in [9.17, 15) is 8.78 Å². The number of halogens is 2. The van der Waals surface area contributed by atoms with Gasteiger partial charge in [-0.1, -0.05) is 18.2 Å². The molecule has 0 saturated carbocycles. The summed E-state index contributed by atoms with van der Waals surface area (Å²) >= 11 is 0. The van der Waals surface area contributed by atoms with Gasteiger partial charge >= 0.3 is 0 Å². The van der Waals surface area contributed by atoms with Gasteiger partial charge in [0.1, 0.15) is 13.7 Å². The first-order valence-electron chi connectivity index (χ1n) is 6.22. The summed E-state index contributed by atoms with van der Waals surface area (Å²) < 4.78 is 33.7. The molecular formula is C15H13BF2O. The quantitative estimate of drug-likeness (QED) is 0.714. The molecule has 0 amide bonds. The van der Waals surface area contributed by atoms with Gasteiger partial charge in [-0.25, -0.2) is 8.78 Å². The molecule has 0 radical (unpaired) electrons. The molecule has 0 heterocycles. The van der Waals surface area contributed by atoms with Gasteiger partial charge in [-0.2, -0.15) is 0 Å². The highest BCUT2D eigenvalue weighted by molar-refractivity contribution is 6.17. The van der Waals surface area contributed by atoms with E-state index in [0.717, 1.165) is 11.1 Å². The Morgan fingerprint density at radius 1 is 1.00 bits per heavy atom. The number of ether oxygens (including phenoxy) is 1. The first kappa shape index (κ1) is 12.2. The summed E-state index contributed by atoms with van der Waals surface area (Å²) in [7, 11) is 3.26. The van der Waals surface area contributed by atoms with Crippen molar-refractivity contribution in [3.63, 3.8) is 0 Å². The lowest BCUT2D eigenvalue weighted by Gasteiger charge is -2.11. The van der Waals surface area contributed by atoms with E-state index < -0.39 is 0 Å². The molecule has 1 atom stereocenters. The van der Waals surface area contributed by atoms with Gasteiger partial charge in [-0.05, 0) is 46.6 Å². The van der Waals surface area contributed by atoms with E-state index in [2.05, 4.69) is 0 Å². The summed E-state index contributed by atoms with van der Waals surface area (Å²) in [6.45, 7) is 1.72. The van der Waals surface area contributed by atoms with E-state index in [1.165, 1.54) is 7.11 Å². The molecule has 0 spiro atoms. The third-order valence-electron chi connectivity index (χ3n) is 3.89. The summed E-state index contributed by atoms with van der Waals surface area (Å²) in [5, 5.41) is 0. The normalized spacial score (nSPS) is 16.1. The molecule has 96 valence electrons. The van der Waals surface area contributed by atoms with E-state index >= 15 is 0 Å². The number of hydrogen-bond acceptors (Lipinski definition) is 1. The number of benzene rings is 2. The van der Waals surface area contributed by atoms with Crippen molar-refractivity contribution in [3.8, 4) is 16.9 Å². The van der Waals surface area contributed by atoms with Crippen LogP contribution in [0.2, 0.25) is 0 Å². The van der Waals surface area contributed by atoms with Gasteiger partial charge < -0.3 is 4.74 Å². The van der Waals surface area contributed by atoms with E-state index in [1.807, 2.05) is 13.9 Å². The number of aryl methyl sites for hydroxylation is 1. The lowest BCUT2D eigenvalue weighted by Crippen LogP contribution is -2.03. The van der Waals surface area contributed by atoms with Gasteiger partial charge in [0.2, 0.25) is 0 Å². The average Bonchev–Trinajstić information content (AvgIpc) is 2.69. The predicted octanol–water partition coefficient (Wildman–Crippen LogP) is 2.98. The Kier molecular flexibility index (Phi) is 2.63. The standard InChI is InChI=1S/C15H13BF2O/c1-7-3-4-8-9-5-6-10(19-2)15(18)12(9)13(16)11(8)14(7)17/h3-6,13H,16H2,1-2H3. The number of rotatable bonds is 1. The topological polar surface area (TPSA) is 9.23 Å². The van der Waals surface area contributed by atoms with Crippen LogP contribution in [0.4, 0.5) is 8.78 Å². The minimum Gasteiger partial charge on any atom is -0.494 e. The molecule has 1 nitrogen and oxygen atoms in total. The summed E-state index contributed by atoms with van der Waals surface area (Å²) in [4.78, 5) is 0. The average molecular weight is 258 g/mol. The van der Waals surface area contributed by atoms with Crippen LogP contribution in [0.25, 0.3) is 11.1 Å². The zero-order valence-electron chi connectivity index (χ0n) is 11.1. The molecule has 3 rings (SSSR count). The van der Waals surface area contributed by atoms with Crippen molar-refractivity contribution in [2.75, 3.05) is 7.11 Å². The first-order chi connectivity index (χ1) is 9.06. The number of methoxy groups -OCH3 is 1. The zero-order valence-corrected chi connectivity index (χ0v) is 11.1. The van der Waals surface area contributed by atoms with Crippen molar-refractivity contribution in [1.82, 2.24) is 0 Å². The fourth-order valence-corrected chi connectivity index (χ4v) is 2.89. The fourth-order valence-electron chi connectivity index (χ4n) is 2.89. The Morgan fingerprint density at radius 3 is 2.21 bits per heavy atom. The van der Waals surface area contributed by atoms with Crippen molar-refractivity contribution < 1.29 is 13.5 Å². The smallest absolute Gasteiger partial charge is 0.168 e. The van der Waals surface area contributed by atoms with Gasteiger partial charge in [0.05, 0.1) is 7.11 Å². The molecule has 0 N–H and O–H groups in total. The molecule has 1 aliphatic rings. The second-order valence-corrected chi connectivity index (χ2v) is 4.92. The van der Waals surface area contributed by atoms with Crippen LogP contribution in [0.3, 0.4) is 0 Å². The van der Waals surface area contributed by atoms with E-state index in [0.29, 0.717) is 16.7 Å². The maximum Gasteiger partial charge on any atom is 0.168 e. The van der Waals surface area contributed by atoms with Crippen molar-refractivity contribution in [3.05, 3.63) is 52.6 Å². The Labute approximate surface area is 111 Å². The number of hydrogen-bond donors (Lipinski definition) is 0. The monoisotopic (exact) mass is 258 g/mol. The van der Waals surface area contributed by atoms with Crippen LogP contribution >= 0.6 is 0 Å². The molecule has 2 aromatic rings. The van der Waals surface area contributed by atoms with Gasteiger partial charge in [-0.3, -0.25) is 0 Å². The SMILES string of the molecule is BC1c2c(ccc(C)c2F)-c2ccc(OC)c(F)c21. The van der Waals surface area contributed by atoms with Gasteiger partial charge in [0.15, 0.2) is 11.6 Å². The van der Waals surface area contributed by atoms with Gasteiger partial charge in [0, 0.05) is 0 Å². The van der Waals surface area contributed by atoms with Crippen LogP contribution in [0, 0.1) is 18.6 Å². The highest BCUT2D eigenvalue weighted by Crippen LogP contribution is 2.47. The van der Waals surface area contributed by atoms with Crippen LogP contribution in [0.1, 0.15) is 22.5 Å². The molecule has 0 saturated heterocycles. The lowest BCUT2D eigenvalue weighted by molar-refractivity contribution is 0.384. The molecule has 19 heavy (non-hydrogen) atoms. The first-order valence-corrected chi connectivity index (χ1v) is 6.22. The maximum atomic E-state index is 14.4. The van der Waals surface area contributed by atoms with Crippen LogP contribution in [0.15, 0.2) is 24.3 Å². The zero-order chi connectivity index (χ0) is 13.7. The highest BCUT2D eigenvalue weighted by Gasteiger charge is 2.32. The number of fused-ring (bicyclic) bond motifs is 3. The second-order valence-electron chi connectivity index (χ2n) is 4.92. The predicted molar refractivity (Wildman–Crippen MR) is 73.5 cm³/mol. The Hall–Kier alpha value is -1.84. The summed E-state index contributed by atoms with van der Waals surface area (Å²) in [5.41, 5.74) is 3.25. The summed E-state index contributed by atoms with van der Waals surface area (Å²) in [6, 6.07) is 6.99. The fraction of sp³-hybridized carbons (Fsp3) is 0.200. The van der Waals surface area contributed by atoms with Gasteiger partial charge in [-0.15, -0.1) is 0 Å². The Bertz CT molecular complexity index is 682. The Balaban J connectivity index is 2.33. The third kappa shape index (κ3) is 1.52. The van der Waals surface area contributed by atoms with Crippen molar-refractivity contribution >= 4 is 7.85 Å². The molecular weight excluding hydrogens is 245 g/mol. The summed E-state index contributed by atoms with van der Waals surface area (Å²) in [5.74, 6) is -0.712. The molecule has 0 fully saturated rings. The molecule has 0 aromatic heterocycles. The largest absolute Gasteiger partial charge is 0.494 e. The minimum absolute atomic E-state index is 0.204. The van der Waals surface area contributed by atoms with Crippen molar-refractivity contribution in [1.29, 1.82) is 0 Å². The molecule has 0 aliphatic heterocycles. The highest BCUT2D eigenvalue weighted by atomic mass is 19.1. The maximum absolute atomic E-state index is 14.4. The molecule has 0 bridgehead atoms. The van der Waals surface area contributed by atoms with Crippen LogP contribution in [-0.4, -0.2) is 15.0 Å². The lowest BCUT2D eigenvalue weighted by atomic mass is 9.78. The van der Waals surface area contributed by atoms with Crippen molar-refractivity contribution in [2.45, 2.75) is 12.7 Å². The van der Waals surface area contributed by atoms with E-state index in [-0.39, 0.29) is 23.2 Å². The Morgan fingerprint density at radius 2 is 1.58 bits per heavy atom. The minimum atomic E-state index is -0.388. The third-order valence-corrected chi connectivity index (χ3v) is 3.89. The van der Waals surface area contributed by atoms with Gasteiger partial charge in [0.25, 0.3) is 0 Å². The van der Waals surface area contributed by atoms with Crippen LogP contribution in [-0.2, 0) is 0 Å². The molecule has 1 aliphatic carbocycles. The van der Waals surface area contributed by atoms with Crippen LogP contribution in [0.5, 0.6) is 5.75 Å². The second kappa shape index (κ2) is 4.09. The summed E-state index contributed by atoms with van der Waals surface area (Å²) in [6.07, 6.45) is 0. The molecule has 1 unspecified atom stereocenters. The van der Waals surface area contributed by atoms with Crippen LogP contribution < -0.4 is 4.74 Å². The molecule has 4 heteroatoms. The van der Waals surface area contributed by atoms with E-state index in [1.54, 1.807) is 25.1 Å². The molecule has 2 aromatic carbocycles. The van der Waals surface area contributed by atoms with Crippen molar-refractivity contribution in [2.24, 2.45) is 0 Å².